The van der Waals surface area contributed by atoms with Crippen LogP contribution in [-0.4, -0.2) is 11.1 Å². The van der Waals surface area contributed by atoms with E-state index in [4.69, 9.17) is 9.84 Å². The normalized spacial score (nSPS) is 10.5. The predicted molar refractivity (Wildman–Crippen MR) is 115 cm³/mol. The zero-order chi connectivity index (χ0) is 15.6. The second-order valence-corrected chi connectivity index (χ2v) is 8.75. The molecule has 0 spiro atoms. The highest BCUT2D eigenvalue weighted by Crippen LogP contribution is 2.35. The van der Waals surface area contributed by atoms with Gasteiger partial charge in [-0.15, -0.1) is 0 Å². The summed E-state index contributed by atoms with van der Waals surface area (Å²) in [5, 5.41) is 9.07. The SMILES string of the molecule is O=C(O)Cc1cc(I)cc(I)c1Oc1cccc(I)c1I. The van der Waals surface area contributed by atoms with Crippen LogP contribution in [0.2, 0.25) is 0 Å². The maximum absolute atomic E-state index is 11.1. The van der Waals surface area contributed by atoms with E-state index in [2.05, 4.69) is 90.4 Å². The Morgan fingerprint density at radius 1 is 1.10 bits per heavy atom. The molecule has 0 amide bonds. The van der Waals surface area contributed by atoms with Gasteiger partial charge in [0.2, 0.25) is 0 Å². The lowest BCUT2D eigenvalue weighted by Crippen LogP contribution is -2.04. The Morgan fingerprint density at radius 2 is 1.81 bits per heavy atom. The van der Waals surface area contributed by atoms with Crippen LogP contribution in [0.4, 0.5) is 0 Å². The number of carboxylic acid groups (broad SMARTS) is 1. The number of halogens is 4. The molecular formula is C14H8I4O3. The minimum absolute atomic E-state index is 0.0529. The molecule has 0 bridgehead atoms. The molecule has 2 aromatic carbocycles. The van der Waals surface area contributed by atoms with Crippen molar-refractivity contribution in [2.75, 3.05) is 0 Å². The smallest absolute Gasteiger partial charge is 0.307 e. The van der Waals surface area contributed by atoms with Crippen molar-refractivity contribution < 1.29 is 14.6 Å². The highest BCUT2D eigenvalue weighted by molar-refractivity contribution is 14.1. The number of rotatable bonds is 4. The topological polar surface area (TPSA) is 46.5 Å². The molecule has 0 atom stereocenters. The Labute approximate surface area is 176 Å². The summed E-state index contributed by atoms with van der Waals surface area (Å²) in [4.78, 5) is 11.1. The van der Waals surface area contributed by atoms with E-state index < -0.39 is 5.97 Å². The van der Waals surface area contributed by atoms with Crippen LogP contribution in [-0.2, 0) is 11.2 Å². The summed E-state index contributed by atoms with van der Waals surface area (Å²) in [6, 6.07) is 9.65. The average Bonchev–Trinajstić information content (AvgIpc) is 2.37. The van der Waals surface area contributed by atoms with Gasteiger partial charge in [0, 0.05) is 12.7 Å². The van der Waals surface area contributed by atoms with Crippen LogP contribution < -0.4 is 4.74 Å². The molecule has 0 unspecified atom stereocenters. The van der Waals surface area contributed by atoms with Crippen LogP contribution in [0.15, 0.2) is 30.3 Å². The molecule has 1 N–H and O–H groups in total. The lowest BCUT2D eigenvalue weighted by Gasteiger charge is -2.14. The molecule has 0 saturated heterocycles. The van der Waals surface area contributed by atoms with E-state index in [9.17, 15) is 4.79 Å². The van der Waals surface area contributed by atoms with Crippen LogP contribution in [0.25, 0.3) is 0 Å². The first-order valence-electron chi connectivity index (χ1n) is 5.70. The predicted octanol–water partition coefficient (Wildman–Crippen LogP) is 5.52. The highest BCUT2D eigenvalue weighted by atomic mass is 127. The van der Waals surface area contributed by atoms with E-state index in [0.717, 1.165) is 20.0 Å². The third kappa shape index (κ3) is 4.80. The Bertz CT molecular complexity index is 701. The number of aliphatic carboxylic acids is 1. The van der Waals surface area contributed by atoms with E-state index in [-0.39, 0.29) is 6.42 Å². The fraction of sp³-hybridized carbons (Fsp3) is 0.0714. The largest absolute Gasteiger partial charge is 0.481 e. The number of carbonyl (C=O) groups is 1. The van der Waals surface area contributed by atoms with Gasteiger partial charge in [0.25, 0.3) is 0 Å². The van der Waals surface area contributed by atoms with Crippen molar-refractivity contribution in [2.45, 2.75) is 6.42 Å². The average molecular weight is 732 g/mol. The van der Waals surface area contributed by atoms with Gasteiger partial charge in [-0.05, 0) is 115 Å². The number of ether oxygens (including phenoxy) is 1. The maximum Gasteiger partial charge on any atom is 0.307 e. The number of hydrogen-bond donors (Lipinski definition) is 1. The van der Waals surface area contributed by atoms with Crippen LogP contribution in [0, 0.1) is 14.3 Å². The van der Waals surface area contributed by atoms with Crippen molar-refractivity contribution in [3.63, 3.8) is 0 Å². The van der Waals surface area contributed by atoms with Gasteiger partial charge in [0.15, 0.2) is 0 Å². The summed E-state index contributed by atoms with van der Waals surface area (Å²) in [5.41, 5.74) is 0.688. The number of benzene rings is 2. The second-order valence-electron chi connectivity index (χ2n) is 4.10. The van der Waals surface area contributed by atoms with E-state index in [1.54, 1.807) is 0 Å². The molecule has 2 rings (SSSR count). The van der Waals surface area contributed by atoms with E-state index in [1.807, 2.05) is 30.3 Å². The minimum Gasteiger partial charge on any atom is -0.481 e. The van der Waals surface area contributed by atoms with E-state index in [0.29, 0.717) is 11.3 Å². The minimum atomic E-state index is -0.866. The molecule has 0 aromatic heterocycles. The Balaban J connectivity index is 2.47. The Morgan fingerprint density at radius 3 is 2.48 bits per heavy atom. The highest BCUT2D eigenvalue weighted by Gasteiger charge is 2.15. The first kappa shape index (κ1) is 18.0. The first-order chi connectivity index (χ1) is 9.88. The molecule has 2 aromatic rings. The van der Waals surface area contributed by atoms with Crippen molar-refractivity contribution in [1.29, 1.82) is 0 Å². The molecule has 0 saturated carbocycles. The van der Waals surface area contributed by atoms with Crippen LogP contribution >= 0.6 is 90.4 Å². The van der Waals surface area contributed by atoms with Gasteiger partial charge < -0.3 is 9.84 Å². The van der Waals surface area contributed by atoms with Gasteiger partial charge in [-0.3, -0.25) is 4.79 Å². The molecule has 0 aliphatic carbocycles. The zero-order valence-corrected chi connectivity index (χ0v) is 19.0. The zero-order valence-electron chi connectivity index (χ0n) is 10.4. The van der Waals surface area contributed by atoms with Crippen molar-refractivity contribution in [3.8, 4) is 11.5 Å². The third-order valence-electron chi connectivity index (χ3n) is 2.56. The van der Waals surface area contributed by atoms with Crippen molar-refractivity contribution in [3.05, 3.63) is 50.2 Å². The molecule has 0 aliphatic rings. The van der Waals surface area contributed by atoms with Gasteiger partial charge >= 0.3 is 5.97 Å². The molecule has 0 aliphatic heterocycles. The van der Waals surface area contributed by atoms with Gasteiger partial charge in [-0.25, -0.2) is 0 Å². The van der Waals surface area contributed by atoms with Gasteiger partial charge in [0.05, 0.1) is 13.6 Å². The van der Waals surface area contributed by atoms with Gasteiger partial charge in [-0.1, -0.05) is 6.07 Å². The summed E-state index contributed by atoms with van der Waals surface area (Å²) >= 11 is 8.85. The maximum atomic E-state index is 11.1. The lowest BCUT2D eigenvalue weighted by atomic mass is 10.1. The molecule has 0 fully saturated rings. The molecule has 7 heteroatoms. The van der Waals surface area contributed by atoms with Crippen LogP contribution in [0.1, 0.15) is 5.56 Å². The van der Waals surface area contributed by atoms with Gasteiger partial charge in [0.1, 0.15) is 11.5 Å². The number of carboxylic acids is 1. The molecule has 110 valence electrons. The molecule has 3 nitrogen and oxygen atoms in total. The second kappa shape index (κ2) is 7.95. The third-order valence-corrected chi connectivity index (χ3v) is 7.02. The standard InChI is InChI=1S/C14H8I4O3/c15-8-4-7(5-12(19)20)14(10(17)6-8)21-11-3-1-2-9(16)13(11)18/h1-4,6H,5H2,(H,19,20). The Hall–Kier alpha value is 0.630. The summed E-state index contributed by atoms with van der Waals surface area (Å²) in [6.45, 7) is 0. The molecule has 0 heterocycles. The lowest BCUT2D eigenvalue weighted by molar-refractivity contribution is -0.136. The summed E-state index contributed by atoms with van der Waals surface area (Å²) in [7, 11) is 0. The van der Waals surface area contributed by atoms with Crippen LogP contribution in [0.5, 0.6) is 11.5 Å². The first-order valence-corrected chi connectivity index (χ1v) is 10.0. The Kier molecular flexibility index (Phi) is 6.80. The fourth-order valence-electron chi connectivity index (χ4n) is 1.69. The molecule has 21 heavy (non-hydrogen) atoms. The summed E-state index contributed by atoms with van der Waals surface area (Å²) in [6.07, 6.45) is -0.0529. The van der Waals surface area contributed by atoms with E-state index in [1.165, 1.54) is 0 Å². The molecular weight excluding hydrogens is 724 g/mol. The van der Waals surface area contributed by atoms with Crippen LogP contribution in [0.3, 0.4) is 0 Å². The monoisotopic (exact) mass is 732 g/mol. The fourth-order valence-corrected chi connectivity index (χ4v) is 4.71. The summed E-state index contributed by atoms with van der Waals surface area (Å²) < 4.78 is 10.0. The van der Waals surface area contributed by atoms with Gasteiger partial charge in [-0.2, -0.15) is 0 Å². The van der Waals surface area contributed by atoms with Crippen molar-refractivity contribution in [2.24, 2.45) is 0 Å². The van der Waals surface area contributed by atoms with E-state index >= 15 is 0 Å². The summed E-state index contributed by atoms with van der Waals surface area (Å²) in [5.74, 6) is 0.501. The van der Waals surface area contributed by atoms with Crippen molar-refractivity contribution >= 4 is 96.3 Å². The number of hydrogen-bond acceptors (Lipinski definition) is 2. The van der Waals surface area contributed by atoms with Crippen molar-refractivity contribution in [1.82, 2.24) is 0 Å². The molecule has 0 radical (unpaired) electrons. The quantitative estimate of drug-likeness (QED) is 0.422.